The van der Waals surface area contributed by atoms with Gasteiger partial charge in [0.2, 0.25) is 7.37 Å². The van der Waals surface area contributed by atoms with Gasteiger partial charge < -0.3 is 14.4 Å². The van der Waals surface area contributed by atoms with Crippen molar-refractivity contribution in [3.8, 4) is 0 Å². The smallest absolute Gasteiger partial charge is 0.219 e. The Morgan fingerprint density at radius 2 is 2.09 bits per heavy atom. The summed E-state index contributed by atoms with van der Waals surface area (Å²) in [5.74, 6) is -0.745. The van der Waals surface area contributed by atoms with E-state index in [2.05, 4.69) is 0 Å². The zero-order chi connectivity index (χ0) is 18.1. The van der Waals surface area contributed by atoms with Gasteiger partial charge in [-0.2, -0.15) is 0 Å². The maximum Gasteiger partial charge on any atom is 0.219 e. The molecule has 6 heteroatoms. The van der Waals surface area contributed by atoms with Crippen molar-refractivity contribution >= 4 is 7.37 Å². The SMILES string of the molecule is [2H]/C(=C(/[2H])P(C)(=O)O)[C@H]1O[C@@H](c2ccccc2)[C@H](F)[C@@H]1OC(C)C. The van der Waals surface area contributed by atoms with Crippen molar-refractivity contribution < 1.29 is 26.1 Å². The van der Waals surface area contributed by atoms with Crippen molar-refractivity contribution in [1.82, 2.24) is 0 Å². The quantitative estimate of drug-likeness (QED) is 0.837. The van der Waals surface area contributed by atoms with Crippen LogP contribution in [0.1, 0.15) is 28.3 Å². The zero-order valence-electron chi connectivity index (χ0n) is 14.8. The number of hydrogen-bond acceptors (Lipinski definition) is 3. The lowest BCUT2D eigenvalue weighted by Crippen LogP contribution is -2.32. The molecular formula is C16H22FO4P. The highest BCUT2D eigenvalue weighted by atomic mass is 31.2. The van der Waals surface area contributed by atoms with E-state index in [4.69, 9.17) is 12.2 Å². The van der Waals surface area contributed by atoms with Gasteiger partial charge in [0.25, 0.3) is 0 Å². The molecule has 4 nitrogen and oxygen atoms in total. The van der Waals surface area contributed by atoms with E-state index in [1.165, 1.54) is 0 Å². The molecule has 1 heterocycles. The summed E-state index contributed by atoms with van der Waals surface area (Å²) < 4.78 is 53.6. The lowest BCUT2D eigenvalue weighted by Gasteiger charge is -2.20. The van der Waals surface area contributed by atoms with Crippen LogP contribution in [-0.4, -0.2) is 36.0 Å². The van der Waals surface area contributed by atoms with E-state index in [9.17, 15) is 13.8 Å². The molecule has 0 amide bonds. The van der Waals surface area contributed by atoms with Gasteiger partial charge in [0.05, 0.1) is 8.85 Å². The molecule has 22 heavy (non-hydrogen) atoms. The number of ether oxygens (including phenoxy) is 2. The van der Waals surface area contributed by atoms with Gasteiger partial charge in [0.1, 0.15) is 18.3 Å². The monoisotopic (exact) mass is 330 g/mol. The van der Waals surface area contributed by atoms with Crippen LogP contribution in [0, 0.1) is 0 Å². The second-order valence-electron chi connectivity index (χ2n) is 5.62. The van der Waals surface area contributed by atoms with E-state index >= 15 is 0 Å². The lowest BCUT2D eigenvalue weighted by molar-refractivity contribution is -0.0387. The fourth-order valence-corrected chi connectivity index (χ4v) is 2.68. The Kier molecular flexibility index (Phi) is 4.67. The second-order valence-corrected chi connectivity index (χ2v) is 7.60. The van der Waals surface area contributed by atoms with Crippen LogP contribution < -0.4 is 0 Å². The van der Waals surface area contributed by atoms with Gasteiger partial charge in [-0.3, -0.25) is 4.57 Å². The fourth-order valence-electron chi connectivity index (χ4n) is 2.32. The molecule has 5 atom stereocenters. The van der Waals surface area contributed by atoms with Crippen LogP contribution in [0.2, 0.25) is 0 Å². The Morgan fingerprint density at radius 3 is 2.64 bits per heavy atom. The van der Waals surface area contributed by atoms with Crippen LogP contribution in [0.4, 0.5) is 4.39 Å². The van der Waals surface area contributed by atoms with Crippen molar-refractivity contribution in [1.29, 1.82) is 0 Å². The Labute approximate surface area is 133 Å². The van der Waals surface area contributed by atoms with Crippen molar-refractivity contribution in [2.24, 2.45) is 0 Å². The first-order chi connectivity index (χ1) is 11.1. The fraction of sp³-hybridized carbons (Fsp3) is 0.500. The van der Waals surface area contributed by atoms with Gasteiger partial charge >= 0.3 is 0 Å². The van der Waals surface area contributed by atoms with E-state index in [0.717, 1.165) is 6.66 Å². The van der Waals surface area contributed by atoms with Crippen LogP contribution in [0.15, 0.2) is 42.2 Å². The van der Waals surface area contributed by atoms with Crippen LogP contribution in [0.3, 0.4) is 0 Å². The molecule has 0 aliphatic carbocycles. The van der Waals surface area contributed by atoms with Crippen molar-refractivity contribution in [3.05, 3.63) is 47.7 Å². The Balaban J connectivity index is 2.40. The molecule has 0 spiro atoms. The van der Waals surface area contributed by atoms with Crippen LogP contribution in [0.5, 0.6) is 0 Å². The largest absolute Gasteiger partial charge is 0.369 e. The molecule has 0 bridgehead atoms. The molecule has 1 aromatic carbocycles. The topological polar surface area (TPSA) is 55.8 Å². The van der Waals surface area contributed by atoms with E-state index in [1.807, 2.05) is 0 Å². The predicted octanol–water partition coefficient (Wildman–Crippen LogP) is 3.67. The lowest BCUT2D eigenvalue weighted by atomic mass is 10.0. The standard InChI is InChI=1S/C16H22FO4P/c1-11(2)20-16-13(9-10-22(3,18)19)21-15(14(16)17)12-7-5-4-6-8-12/h4-11,13-16H,1-3H3,(H,18,19)/b10-9+/t13-,14+,15+,16-/m1/s1/i9D,10D. The molecule has 1 aliphatic rings. The molecule has 1 aromatic rings. The van der Waals surface area contributed by atoms with Crippen LogP contribution in [0.25, 0.3) is 0 Å². The predicted molar refractivity (Wildman–Crippen MR) is 83.9 cm³/mol. The van der Waals surface area contributed by atoms with Gasteiger partial charge in [-0.15, -0.1) is 0 Å². The van der Waals surface area contributed by atoms with Gasteiger partial charge in [-0.05, 0) is 31.3 Å². The minimum atomic E-state index is -3.94. The highest BCUT2D eigenvalue weighted by molar-refractivity contribution is 7.60. The summed E-state index contributed by atoms with van der Waals surface area (Å²) >= 11 is 0. The van der Waals surface area contributed by atoms with Crippen molar-refractivity contribution in [2.45, 2.75) is 44.4 Å². The number of rotatable bonds is 5. The summed E-state index contributed by atoms with van der Waals surface area (Å²) in [5, 5.41) is 0. The third kappa shape index (κ3) is 4.50. The summed E-state index contributed by atoms with van der Waals surface area (Å²) in [6.45, 7) is 4.43. The summed E-state index contributed by atoms with van der Waals surface area (Å²) in [6.07, 6.45) is -5.15. The maximum absolute atomic E-state index is 14.9. The minimum absolute atomic E-state index is 0.321. The van der Waals surface area contributed by atoms with Crippen molar-refractivity contribution in [3.63, 3.8) is 0 Å². The summed E-state index contributed by atoms with van der Waals surface area (Å²) in [6, 6.07) is 8.18. The first-order valence-corrected chi connectivity index (χ1v) is 9.21. The summed E-state index contributed by atoms with van der Waals surface area (Å²) in [7, 11) is -3.94. The molecule has 1 aliphatic heterocycles. The Hall–Kier alpha value is -1.00. The molecule has 2 rings (SSSR count). The molecule has 1 fully saturated rings. The molecular weight excluding hydrogens is 306 g/mol. The van der Waals surface area contributed by atoms with E-state index in [1.54, 1.807) is 44.2 Å². The molecule has 122 valence electrons. The van der Waals surface area contributed by atoms with Gasteiger partial charge in [0.15, 0.2) is 6.17 Å². The molecule has 1 unspecified atom stereocenters. The summed E-state index contributed by atoms with van der Waals surface area (Å²) in [4.78, 5) is 9.53. The highest BCUT2D eigenvalue weighted by Crippen LogP contribution is 2.41. The number of hydrogen-bond donors (Lipinski definition) is 1. The zero-order valence-corrected chi connectivity index (χ0v) is 13.7. The van der Waals surface area contributed by atoms with Gasteiger partial charge in [-0.25, -0.2) is 4.39 Å². The average Bonchev–Trinajstić information content (AvgIpc) is 2.82. The Bertz CT molecular complexity index is 647. The van der Waals surface area contributed by atoms with E-state index in [0.29, 0.717) is 5.56 Å². The summed E-state index contributed by atoms with van der Waals surface area (Å²) in [5.41, 5.74) is 0.591. The highest BCUT2D eigenvalue weighted by Gasteiger charge is 2.45. The Morgan fingerprint density at radius 1 is 1.45 bits per heavy atom. The first kappa shape index (κ1) is 14.6. The molecule has 0 aromatic heterocycles. The number of alkyl halides is 1. The molecule has 0 saturated carbocycles. The van der Waals surface area contributed by atoms with Gasteiger partial charge in [-0.1, -0.05) is 30.3 Å². The second kappa shape index (κ2) is 7.05. The van der Waals surface area contributed by atoms with Crippen LogP contribution in [-0.2, 0) is 14.0 Å². The number of benzene rings is 1. The molecule has 1 saturated heterocycles. The first-order valence-electron chi connectivity index (χ1n) is 8.11. The molecule has 0 radical (unpaired) electrons. The molecule has 1 N–H and O–H groups in total. The normalized spacial score (nSPS) is 33.9. The number of halogens is 1. The van der Waals surface area contributed by atoms with Crippen LogP contribution >= 0.6 is 7.37 Å². The third-order valence-corrected chi connectivity index (χ3v) is 3.71. The van der Waals surface area contributed by atoms with Crippen molar-refractivity contribution in [2.75, 3.05) is 6.66 Å². The minimum Gasteiger partial charge on any atom is -0.369 e. The van der Waals surface area contributed by atoms with Gasteiger partial charge in [0, 0.05) is 6.66 Å². The van der Waals surface area contributed by atoms with E-state index in [-0.39, 0.29) is 6.10 Å². The maximum atomic E-state index is 14.9. The average molecular weight is 330 g/mol. The third-order valence-electron chi connectivity index (χ3n) is 3.17. The van der Waals surface area contributed by atoms with E-state index < -0.39 is 43.7 Å².